The van der Waals surface area contributed by atoms with Crippen molar-refractivity contribution >= 4 is 33.6 Å². The summed E-state index contributed by atoms with van der Waals surface area (Å²) in [5.74, 6) is 2.36. The number of aromatic hydroxyl groups is 1. The van der Waals surface area contributed by atoms with Crippen LogP contribution in [0, 0.1) is 0 Å². The fraction of sp³-hybridized carbons (Fsp3) is 0.143. The van der Waals surface area contributed by atoms with Crippen LogP contribution < -0.4 is 14.2 Å². The summed E-state index contributed by atoms with van der Waals surface area (Å²) < 4.78 is 16.8. The van der Waals surface area contributed by atoms with Crippen molar-refractivity contribution in [3.63, 3.8) is 0 Å². The lowest BCUT2D eigenvalue weighted by atomic mass is 10.3. The summed E-state index contributed by atoms with van der Waals surface area (Å²) in [5.41, 5.74) is 0. The number of benzene rings is 6. The first-order chi connectivity index (χ1) is 25.5. The Hall–Kier alpha value is -4.55. The summed E-state index contributed by atoms with van der Waals surface area (Å²) in [7, 11) is -0.806. The summed E-state index contributed by atoms with van der Waals surface area (Å²) in [6.07, 6.45) is 0. The van der Waals surface area contributed by atoms with E-state index in [4.69, 9.17) is 29.5 Å². The van der Waals surface area contributed by atoms with Crippen LogP contribution in [0.1, 0.15) is 0 Å². The summed E-state index contributed by atoms with van der Waals surface area (Å²) in [4.78, 5) is 9.03. The van der Waals surface area contributed by atoms with Crippen LogP contribution in [-0.4, -0.2) is 60.1 Å². The summed E-state index contributed by atoms with van der Waals surface area (Å²) >= 11 is 1.70. The van der Waals surface area contributed by atoms with Crippen molar-refractivity contribution in [2.24, 2.45) is 0 Å². The molecule has 10 heteroatoms. The van der Waals surface area contributed by atoms with Gasteiger partial charge in [-0.25, -0.2) is 0 Å². The van der Waals surface area contributed by atoms with Crippen LogP contribution >= 0.6 is 11.8 Å². The number of phenols is 1. The average molecular weight is 753 g/mol. The number of phenolic OH excluding ortho intramolecular Hbond substituents is 1. The van der Waals surface area contributed by atoms with Crippen molar-refractivity contribution < 1.29 is 34.6 Å². The van der Waals surface area contributed by atoms with Gasteiger partial charge in [0.15, 0.2) is 29.4 Å². The molecule has 6 aromatic rings. The zero-order valence-electron chi connectivity index (χ0n) is 28.3. The fourth-order valence-corrected chi connectivity index (χ4v) is 10.2. The minimum absolute atomic E-state index is 0.0370. The molecule has 0 radical (unpaired) electrons. The molecule has 266 valence electrons. The van der Waals surface area contributed by atoms with Gasteiger partial charge in [-0.15, -0.1) is 0 Å². The Bertz CT molecular complexity index is 1900. The maximum atomic E-state index is 9.95. The van der Waals surface area contributed by atoms with Crippen molar-refractivity contribution in [1.29, 1.82) is 0 Å². The van der Waals surface area contributed by atoms with Crippen LogP contribution in [-0.2, 0) is 21.8 Å². The van der Waals surface area contributed by atoms with E-state index in [1.807, 2.05) is 48.5 Å². The molecule has 1 atom stereocenters. The van der Waals surface area contributed by atoms with Crippen LogP contribution in [0.15, 0.2) is 185 Å². The molecular weight excluding hydrogens is 713 g/mol. The van der Waals surface area contributed by atoms with E-state index in [-0.39, 0.29) is 45.4 Å². The number of hydrogen-bond acceptors (Lipinski definition) is 8. The van der Waals surface area contributed by atoms with Crippen LogP contribution in [0.2, 0.25) is 0 Å². The van der Waals surface area contributed by atoms with E-state index >= 15 is 0 Å². The van der Waals surface area contributed by atoms with Crippen LogP contribution in [0.25, 0.3) is 0 Å². The Balaban J connectivity index is 1.22. The standard InChI is InChI=1S/C42H39O7S3/c43-25-28-47-32-3-15-38(16-4-32)51(37-13-1-31(46)2-14-37)41-21-9-35(10-22-41)50-36-11-23-42(24-12-36)52(39-17-5-33(6-18-39)48-29-26-44)40-19-7-34(8-20-40)49-30-27-45/h1-24,43-45H,25-30H2/q+1/p+1. The molecule has 0 fully saturated rings. The first-order valence-electron chi connectivity index (χ1n) is 16.7. The van der Waals surface area contributed by atoms with Crippen LogP contribution in [0.4, 0.5) is 0 Å². The zero-order valence-corrected chi connectivity index (χ0v) is 30.8. The third-order valence-corrected chi connectivity index (χ3v) is 13.2. The fourth-order valence-electron chi connectivity index (χ4n) is 5.33. The highest BCUT2D eigenvalue weighted by molar-refractivity contribution is 7.99. The molecule has 0 saturated carbocycles. The number of aliphatic hydroxyl groups is 3. The average Bonchev–Trinajstić information content (AvgIpc) is 3.19. The largest absolute Gasteiger partial charge is 0.508 e. The molecule has 4 N–H and O–H groups in total. The predicted molar refractivity (Wildman–Crippen MR) is 207 cm³/mol. The van der Waals surface area contributed by atoms with Crippen molar-refractivity contribution in [2.45, 2.75) is 39.2 Å². The molecule has 1 unspecified atom stereocenters. The SMILES string of the molecule is OCCOc1ccc([S+](c2ccc(O)cc2)c2ccc(Sc3ccc([S+](c4ccc(OCCO)cc4)c4ccc(OCCO)cc4)cc3)cc2)cc1. The van der Waals surface area contributed by atoms with Gasteiger partial charge in [-0.2, -0.15) is 0 Å². The molecule has 6 aromatic carbocycles. The highest BCUT2D eigenvalue weighted by Gasteiger charge is 2.30. The van der Waals surface area contributed by atoms with Crippen LogP contribution in [0.5, 0.6) is 23.0 Å². The van der Waals surface area contributed by atoms with Gasteiger partial charge in [-0.1, -0.05) is 11.8 Å². The second kappa shape index (κ2) is 18.8. The molecular formula is C42H40O7S3+2. The van der Waals surface area contributed by atoms with E-state index in [1.165, 1.54) is 4.90 Å². The molecule has 0 aliphatic heterocycles. The highest BCUT2D eigenvalue weighted by Crippen LogP contribution is 2.37. The van der Waals surface area contributed by atoms with Gasteiger partial charge in [-0.05, 0) is 146 Å². The monoisotopic (exact) mass is 752 g/mol. The topological polar surface area (TPSA) is 109 Å². The summed E-state index contributed by atoms with van der Waals surface area (Å²) in [5, 5.41) is 37.4. The van der Waals surface area contributed by atoms with Gasteiger partial charge in [0.05, 0.1) is 41.6 Å². The van der Waals surface area contributed by atoms with Gasteiger partial charge in [0.1, 0.15) is 42.8 Å². The zero-order chi connectivity index (χ0) is 36.1. The van der Waals surface area contributed by atoms with Crippen molar-refractivity contribution in [2.75, 3.05) is 39.6 Å². The Labute approximate surface area is 314 Å². The summed E-state index contributed by atoms with van der Waals surface area (Å²) in [6, 6.07) is 48.7. The lowest BCUT2D eigenvalue weighted by Gasteiger charge is -2.11. The Kier molecular flexibility index (Phi) is 13.5. The number of aliphatic hydroxyl groups excluding tert-OH is 3. The molecule has 6 rings (SSSR count). The molecule has 0 spiro atoms. The lowest BCUT2D eigenvalue weighted by molar-refractivity contribution is 0.201. The molecule has 0 aromatic heterocycles. The van der Waals surface area contributed by atoms with Gasteiger partial charge in [-0.3, -0.25) is 0 Å². The minimum Gasteiger partial charge on any atom is -0.508 e. The van der Waals surface area contributed by atoms with E-state index in [0.717, 1.165) is 34.3 Å². The van der Waals surface area contributed by atoms with E-state index in [0.29, 0.717) is 17.2 Å². The third-order valence-electron chi connectivity index (χ3n) is 7.69. The van der Waals surface area contributed by atoms with E-state index in [9.17, 15) is 5.11 Å². The molecule has 0 aliphatic rings. The van der Waals surface area contributed by atoms with Crippen molar-refractivity contribution in [1.82, 2.24) is 0 Å². The first-order valence-corrected chi connectivity index (χ1v) is 20.0. The molecule has 0 bridgehead atoms. The maximum Gasteiger partial charge on any atom is 0.166 e. The second-order valence-corrected chi connectivity index (χ2v) is 16.5. The lowest BCUT2D eigenvalue weighted by Crippen LogP contribution is -2.06. The molecule has 0 aliphatic carbocycles. The highest BCUT2D eigenvalue weighted by atomic mass is 32.2. The number of hydrogen-bond donors (Lipinski definition) is 4. The predicted octanol–water partition coefficient (Wildman–Crippen LogP) is 7.85. The van der Waals surface area contributed by atoms with E-state index < -0.39 is 21.8 Å². The molecule has 0 heterocycles. The minimum atomic E-state index is -0.406. The van der Waals surface area contributed by atoms with E-state index in [2.05, 4.69) is 84.9 Å². The van der Waals surface area contributed by atoms with Crippen molar-refractivity contribution in [3.05, 3.63) is 146 Å². The van der Waals surface area contributed by atoms with Gasteiger partial charge in [0.2, 0.25) is 0 Å². The van der Waals surface area contributed by atoms with Gasteiger partial charge in [0.25, 0.3) is 0 Å². The summed E-state index contributed by atoms with van der Waals surface area (Å²) in [6.45, 7) is 0.632. The molecule has 0 saturated heterocycles. The Morgan fingerprint density at radius 2 is 0.615 bits per heavy atom. The first kappa shape index (κ1) is 37.2. The maximum absolute atomic E-state index is 9.95. The van der Waals surface area contributed by atoms with Gasteiger partial charge in [0, 0.05) is 9.79 Å². The molecule has 0 amide bonds. The second-order valence-electron chi connectivity index (χ2n) is 11.3. The quantitative estimate of drug-likeness (QED) is 0.0699. The van der Waals surface area contributed by atoms with E-state index in [1.54, 1.807) is 23.9 Å². The van der Waals surface area contributed by atoms with Gasteiger partial charge >= 0.3 is 0 Å². The normalized spacial score (nSPS) is 11.7. The van der Waals surface area contributed by atoms with Crippen molar-refractivity contribution in [3.8, 4) is 23.0 Å². The smallest absolute Gasteiger partial charge is 0.166 e. The third kappa shape index (κ3) is 9.86. The van der Waals surface area contributed by atoms with Gasteiger partial charge < -0.3 is 34.6 Å². The molecule has 52 heavy (non-hydrogen) atoms. The number of ether oxygens (including phenoxy) is 3. The number of rotatable bonds is 17. The molecule has 7 nitrogen and oxygen atoms in total. The Morgan fingerprint density at radius 1 is 0.365 bits per heavy atom. The Morgan fingerprint density at radius 3 is 0.885 bits per heavy atom. The van der Waals surface area contributed by atoms with Crippen LogP contribution in [0.3, 0.4) is 0 Å².